The zero-order valence-electron chi connectivity index (χ0n) is 14.4. The van der Waals surface area contributed by atoms with E-state index < -0.39 is 4.92 Å². The smallest absolute Gasteiger partial charge is 0.311 e. The largest absolute Gasteiger partial charge is 0.490 e. The Labute approximate surface area is 145 Å². The fourth-order valence-corrected chi connectivity index (χ4v) is 2.26. The summed E-state index contributed by atoms with van der Waals surface area (Å²) in [5.41, 5.74) is 2.54. The number of nitrogens with one attached hydrogen (secondary N) is 1. The molecule has 0 aliphatic rings. The first-order valence-corrected chi connectivity index (χ1v) is 7.69. The number of nitro groups is 1. The van der Waals surface area contributed by atoms with Crippen LogP contribution in [0.4, 0.5) is 5.69 Å². The van der Waals surface area contributed by atoms with Crippen LogP contribution in [-0.2, 0) is 11.3 Å². The number of rotatable bonds is 7. The molecule has 2 aromatic rings. The van der Waals surface area contributed by atoms with E-state index in [1.54, 1.807) is 6.07 Å². The van der Waals surface area contributed by atoms with Crippen molar-refractivity contribution in [2.75, 3.05) is 13.7 Å². The number of carbonyl (C=O) groups excluding carboxylic acids is 1. The van der Waals surface area contributed by atoms with E-state index in [1.165, 1.54) is 19.2 Å². The second-order valence-corrected chi connectivity index (χ2v) is 5.53. The minimum absolute atomic E-state index is 0.122. The maximum absolute atomic E-state index is 11.9. The van der Waals surface area contributed by atoms with Crippen LogP contribution in [0.1, 0.15) is 16.7 Å². The molecule has 0 aliphatic heterocycles. The molecule has 25 heavy (non-hydrogen) atoms. The Morgan fingerprint density at radius 3 is 2.64 bits per heavy atom. The first-order valence-electron chi connectivity index (χ1n) is 7.69. The third-order valence-corrected chi connectivity index (χ3v) is 3.84. The van der Waals surface area contributed by atoms with E-state index in [2.05, 4.69) is 5.32 Å². The van der Waals surface area contributed by atoms with Gasteiger partial charge in [0, 0.05) is 12.6 Å². The minimum atomic E-state index is -0.520. The molecule has 132 valence electrons. The number of nitrogens with zero attached hydrogens (tertiary/aromatic N) is 1. The van der Waals surface area contributed by atoms with Crippen molar-refractivity contribution in [1.29, 1.82) is 0 Å². The Kier molecular flexibility index (Phi) is 5.94. The van der Waals surface area contributed by atoms with Crippen molar-refractivity contribution in [2.45, 2.75) is 20.4 Å². The van der Waals surface area contributed by atoms with Crippen molar-refractivity contribution in [3.05, 3.63) is 63.2 Å². The summed E-state index contributed by atoms with van der Waals surface area (Å²) in [5.74, 6) is 0.535. The van der Waals surface area contributed by atoms with Gasteiger partial charge in [-0.1, -0.05) is 18.2 Å². The van der Waals surface area contributed by atoms with Crippen LogP contribution in [0.25, 0.3) is 0 Å². The fraction of sp³-hybridized carbons (Fsp3) is 0.278. The molecule has 0 heterocycles. The van der Waals surface area contributed by atoms with Gasteiger partial charge in [0.25, 0.3) is 5.91 Å². The number of carbonyl (C=O) groups is 1. The number of aryl methyl sites for hydroxylation is 1. The van der Waals surface area contributed by atoms with E-state index in [0.29, 0.717) is 11.3 Å². The van der Waals surface area contributed by atoms with Crippen molar-refractivity contribution >= 4 is 11.6 Å². The molecule has 2 aromatic carbocycles. The van der Waals surface area contributed by atoms with Gasteiger partial charge in [0.2, 0.25) is 0 Å². The lowest BCUT2D eigenvalue weighted by Gasteiger charge is -2.11. The third kappa shape index (κ3) is 4.69. The first-order chi connectivity index (χ1) is 11.9. The van der Waals surface area contributed by atoms with Crippen LogP contribution < -0.4 is 14.8 Å². The number of ether oxygens (including phenoxy) is 2. The van der Waals surface area contributed by atoms with E-state index in [1.807, 2.05) is 32.0 Å². The van der Waals surface area contributed by atoms with Crippen LogP contribution >= 0.6 is 0 Å². The summed E-state index contributed by atoms with van der Waals surface area (Å²) in [4.78, 5) is 22.4. The second kappa shape index (κ2) is 8.14. The molecule has 0 fully saturated rings. The molecule has 0 bridgehead atoms. The number of benzene rings is 2. The standard InChI is InChI=1S/C18H20N2O5/c1-12-5-4-6-16(13(12)2)25-11-18(21)19-10-14-7-8-17(24-3)15(9-14)20(22)23/h4-9H,10-11H2,1-3H3,(H,19,21). The average molecular weight is 344 g/mol. The Balaban J connectivity index is 1.93. The van der Waals surface area contributed by atoms with Crippen LogP contribution in [0.3, 0.4) is 0 Å². The predicted octanol–water partition coefficient (Wildman–Crippen LogP) is 2.92. The van der Waals surface area contributed by atoms with Crippen LogP contribution in [-0.4, -0.2) is 24.5 Å². The van der Waals surface area contributed by atoms with Crippen molar-refractivity contribution in [1.82, 2.24) is 5.32 Å². The van der Waals surface area contributed by atoms with Gasteiger partial charge in [-0.2, -0.15) is 0 Å². The Bertz CT molecular complexity index is 789. The Morgan fingerprint density at radius 1 is 1.20 bits per heavy atom. The molecule has 0 spiro atoms. The molecule has 7 nitrogen and oxygen atoms in total. The lowest BCUT2D eigenvalue weighted by atomic mass is 10.1. The van der Waals surface area contributed by atoms with Crippen molar-refractivity contribution < 1.29 is 19.2 Å². The van der Waals surface area contributed by atoms with Gasteiger partial charge in [-0.05, 0) is 42.7 Å². The zero-order chi connectivity index (χ0) is 18.4. The van der Waals surface area contributed by atoms with Gasteiger partial charge < -0.3 is 14.8 Å². The van der Waals surface area contributed by atoms with E-state index in [-0.39, 0.29) is 30.5 Å². The molecule has 7 heteroatoms. The summed E-state index contributed by atoms with van der Waals surface area (Å²) in [7, 11) is 1.37. The van der Waals surface area contributed by atoms with Gasteiger partial charge >= 0.3 is 5.69 Å². The Hall–Kier alpha value is -3.09. The molecular weight excluding hydrogens is 324 g/mol. The number of hydrogen-bond acceptors (Lipinski definition) is 5. The van der Waals surface area contributed by atoms with E-state index >= 15 is 0 Å². The number of amides is 1. The summed E-state index contributed by atoms with van der Waals surface area (Å²) < 4.78 is 10.5. The highest BCUT2D eigenvalue weighted by molar-refractivity contribution is 5.77. The van der Waals surface area contributed by atoms with Gasteiger partial charge in [-0.25, -0.2) is 0 Å². The summed E-state index contributed by atoms with van der Waals surface area (Å²) in [6.07, 6.45) is 0. The van der Waals surface area contributed by atoms with Gasteiger partial charge in [0.15, 0.2) is 12.4 Å². The molecule has 0 aromatic heterocycles. The maximum Gasteiger partial charge on any atom is 0.311 e. The molecule has 0 radical (unpaired) electrons. The first kappa shape index (κ1) is 18.3. The molecular formula is C18H20N2O5. The highest BCUT2D eigenvalue weighted by Gasteiger charge is 2.15. The van der Waals surface area contributed by atoms with Crippen molar-refractivity contribution in [2.24, 2.45) is 0 Å². The van der Waals surface area contributed by atoms with E-state index in [0.717, 1.165) is 11.1 Å². The topological polar surface area (TPSA) is 90.7 Å². The highest BCUT2D eigenvalue weighted by Crippen LogP contribution is 2.27. The van der Waals surface area contributed by atoms with Gasteiger partial charge in [-0.3, -0.25) is 14.9 Å². The molecule has 2 rings (SSSR count). The fourth-order valence-electron chi connectivity index (χ4n) is 2.26. The predicted molar refractivity (Wildman–Crippen MR) is 92.9 cm³/mol. The second-order valence-electron chi connectivity index (χ2n) is 5.53. The lowest BCUT2D eigenvalue weighted by Crippen LogP contribution is -2.28. The summed E-state index contributed by atoms with van der Waals surface area (Å²) in [6, 6.07) is 10.2. The molecule has 0 atom stereocenters. The van der Waals surface area contributed by atoms with Crippen LogP contribution in [0, 0.1) is 24.0 Å². The lowest BCUT2D eigenvalue weighted by molar-refractivity contribution is -0.385. The zero-order valence-corrected chi connectivity index (χ0v) is 14.4. The number of hydrogen-bond donors (Lipinski definition) is 1. The summed E-state index contributed by atoms with van der Waals surface area (Å²) in [6.45, 7) is 3.94. The molecule has 1 amide bonds. The maximum atomic E-state index is 11.9. The van der Waals surface area contributed by atoms with Crippen molar-refractivity contribution in [3.8, 4) is 11.5 Å². The Morgan fingerprint density at radius 2 is 1.96 bits per heavy atom. The van der Waals surface area contributed by atoms with Gasteiger partial charge in [-0.15, -0.1) is 0 Å². The van der Waals surface area contributed by atoms with E-state index in [4.69, 9.17) is 9.47 Å². The van der Waals surface area contributed by atoms with Crippen LogP contribution in [0.2, 0.25) is 0 Å². The normalized spacial score (nSPS) is 10.2. The van der Waals surface area contributed by atoms with E-state index in [9.17, 15) is 14.9 Å². The summed E-state index contributed by atoms with van der Waals surface area (Å²) in [5, 5.41) is 13.7. The van der Waals surface area contributed by atoms with Gasteiger partial charge in [0.05, 0.1) is 12.0 Å². The summed E-state index contributed by atoms with van der Waals surface area (Å²) >= 11 is 0. The number of methoxy groups -OCH3 is 1. The van der Waals surface area contributed by atoms with Gasteiger partial charge in [0.1, 0.15) is 5.75 Å². The van der Waals surface area contributed by atoms with Crippen LogP contribution in [0.15, 0.2) is 36.4 Å². The molecule has 0 aliphatic carbocycles. The van der Waals surface area contributed by atoms with Crippen LogP contribution in [0.5, 0.6) is 11.5 Å². The average Bonchev–Trinajstić information content (AvgIpc) is 2.60. The molecule has 0 saturated heterocycles. The monoisotopic (exact) mass is 344 g/mol. The quantitative estimate of drug-likeness (QED) is 0.616. The molecule has 1 N–H and O–H groups in total. The molecule has 0 unspecified atom stereocenters. The molecule has 0 saturated carbocycles. The number of nitro benzene ring substituents is 1. The SMILES string of the molecule is COc1ccc(CNC(=O)COc2cccc(C)c2C)cc1[N+](=O)[O-]. The minimum Gasteiger partial charge on any atom is -0.490 e. The third-order valence-electron chi connectivity index (χ3n) is 3.84. The van der Waals surface area contributed by atoms with Crippen molar-refractivity contribution in [3.63, 3.8) is 0 Å². The highest BCUT2D eigenvalue weighted by atomic mass is 16.6.